The normalized spacial score (nSPS) is 16.7. The molecule has 3 N–H and O–H groups in total. The minimum atomic E-state index is -1.21. The van der Waals surface area contributed by atoms with Crippen LogP contribution in [0.4, 0.5) is 10.5 Å². The Bertz CT molecular complexity index is 643. The van der Waals surface area contributed by atoms with Gasteiger partial charge in [-0.1, -0.05) is 12.1 Å². The van der Waals surface area contributed by atoms with Gasteiger partial charge in [0.1, 0.15) is 6.04 Å². The van der Waals surface area contributed by atoms with E-state index in [0.717, 1.165) is 11.1 Å². The number of aryl methyl sites for hydroxylation is 1. The Kier molecular flexibility index (Phi) is 4.40. The number of hydrogen-bond donors (Lipinski definition) is 3. The van der Waals surface area contributed by atoms with Crippen LogP contribution in [0.1, 0.15) is 17.5 Å². The zero-order valence-corrected chi connectivity index (χ0v) is 11.8. The fourth-order valence-corrected chi connectivity index (χ4v) is 2.18. The van der Waals surface area contributed by atoms with Crippen molar-refractivity contribution < 1.29 is 24.3 Å². The van der Waals surface area contributed by atoms with Crippen LogP contribution in [-0.4, -0.2) is 40.4 Å². The van der Waals surface area contributed by atoms with Crippen molar-refractivity contribution in [2.24, 2.45) is 0 Å². The molecule has 1 aromatic carbocycles. The second-order valence-corrected chi connectivity index (χ2v) is 4.90. The highest BCUT2D eigenvalue weighted by molar-refractivity contribution is 6.09. The smallest absolute Gasteiger partial charge is 0.329 e. The maximum Gasteiger partial charge on any atom is 0.329 e. The van der Waals surface area contributed by atoms with E-state index in [1.807, 2.05) is 0 Å². The maximum absolute atomic E-state index is 12.0. The summed E-state index contributed by atoms with van der Waals surface area (Å²) in [6.07, 6.45) is 0.421. The number of carboxylic acids is 1. The number of anilines is 1. The average molecular weight is 305 g/mol. The number of urea groups is 1. The number of hydrogen-bond acceptors (Lipinski definition) is 4. The monoisotopic (exact) mass is 305 g/mol. The van der Waals surface area contributed by atoms with E-state index in [-0.39, 0.29) is 6.42 Å². The highest BCUT2D eigenvalue weighted by atomic mass is 16.4. The third kappa shape index (κ3) is 3.05. The molecule has 1 saturated heterocycles. The first-order chi connectivity index (χ1) is 10.4. The third-order valence-electron chi connectivity index (χ3n) is 3.37. The number of rotatable bonds is 5. The van der Waals surface area contributed by atoms with Crippen LogP contribution in [0.3, 0.4) is 0 Å². The third-order valence-corrected chi connectivity index (χ3v) is 3.37. The van der Waals surface area contributed by atoms with E-state index in [0.29, 0.717) is 23.5 Å². The molecule has 4 amide bonds. The van der Waals surface area contributed by atoms with Crippen LogP contribution in [-0.2, 0) is 20.9 Å². The Hall–Kier alpha value is -2.90. The highest BCUT2D eigenvalue weighted by Crippen LogP contribution is 2.23. The first kappa shape index (κ1) is 15.5. The van der Waals surface area contributed by atoms with Crippen LogP contribution < -0.4 is 10.6 Å². The number of β-lactam (4-membered cyclic amide) rings is 1. The Morgan fingerprint density at radius 1 is 1.45 bits per heavy atom. The van der Waals surface area contributed by atoms with E-state index in [2.05, 4.69) is 10.6 Å². The number of amides is 4. The predicted octanol–water partition coefficient (Wildman–Crippen LogP) is 0.458. The number of nitrogens with one attached hydrogen (secondary N) is 2. The molecule has 1 aliphatic heterocycles. The van der Waals surface area contributed by atoms with Crippen LogP contribution in [0.5, 0.6) is 0 Å². The van der Waals surface area contributed by atoms with E-state index in [1.165, 1.54) is 0 Å². The van der Waals surface area contributed by atoms with Gasteiger partial charge < -0.3 is 15.7 Å². The molecule has 0 radical (unpaired) electrons. The fourth-order valence-electron chi connectivity index (χ4n) is 2.18. The number of aliphatic carboxylic acids is 1. The van der Waals surface area contributed by atoms with Gasteiger partial charge in [0.15, 0.2) is 0 Å². The number of benzene rings is 1. The molecule has 1 fully saturated rings. The highest BCUT2D eigenvalue weighted by Gasteiger charge is 2.45. The van der Waals surface area contributed by atoms with Crippen molar-refractivity contribution >= 4 is 30.0 Å². The molecule has 8 heteroatoms. The molecule has 1 atom stereocenters. The van der Waals surface area contributed by atoms with Gasteiger partial charge in [-0.15, -0.1) is 0 Å². The summed E-state index contributed by atoms with van der Waals surface area (Å²) >= 11 is 0. The summed E-state index contributed by atoms with van der Waals surface area (Å²) in [5, 5.41) is 14.0. The van der Waals surface area contributed by atoms with E-state index in [1.54, 1.807) is 25.1 Å². The van der Waals surface area contributed by atoms with Crippen molar-refractivity contribution in [3.8, 4) is 0 Å². The Labute approximate surface area is 126 Å². The topological polar surface area (TPSA) is 116 Å². The minimum absolute atomic E-state index is 0.169. The van der Waals surface area contributed by atoms with Crippen LogP contribution in [0.25, 0.3) is 0 Å². The average Bonchev–Trinajstić information content (AvgIpc) is 2.44. The zero-order chi connectivity index (χ0) is 16.3. The lowest BCUT2D eigenvalue weighted by Gasteiger charge is -2.35. The van der Waals surface area contributed by atoms with Gasteiger partial charge in [-0.25, -0.2) is 14.5 Å². The summed E-state index contributed by atoms with van der Waals surface area (Å²) < 4.78 is 0. The van der Waals surface area contributed by atoms with E-state index in [4.69, 9.17) is 5.11 Å². The summed E-state index contributed by atoms with van der Waals surface area (Å²) in [6, 6.07) is 3.26. The zero-order valence-electron chi connectivity index (χ0n) is 11.8. The number of nitrogens with zero attached hydrogens (tertiary/aromatic N) is 1. The molecule has 8 nitrogen and oxygen atoms in total. The summed E-state index contributed by atoms with van der Waals surface area (Å²) in [5.41, 5.74) is 2.06. The van der Waals surface area contributed by atoms with E-state index in [9.17, 15) is 19.2 Å². The Morgan fingerprint density at radius 2 is 2.18 bits per heavy atom. The summed E-state index contributed by atoms with van der Waals surface area (Å²) in [4.78, 5) is 45.2. The minimum Gasteiger partial charge on any atom is -0.480 e. The molecule has 0 aliphatic carbocycles. The lowest BCUT2D eigenvalue weighted by atomic mass is 10.0. The van der Waals surface area contributed by atoms with Crippen LogP contribution in [0.15, 0.2) is 18.2 Å². The van der Waals surface area contributed by atoms with E-state index >= 15 is 0 Å². The van der Waals surface area contributed by atoms with Gasteiger partial charge in [-0.3, -0.25) is 9.59 Å². The molecule has 0 saturated carbocycles. The number of carboxylic acid groups (broad SMARTS) is 1. The number of carbonyl (C=O) groups excluding carboxylic acids is 3. The van der Waals surface area contributed by atoms with Crippen molar-refractivity contribution in [3.63, 3.8) is 0 Å². The molecule has 1 unspecified atom stereocenters. The van der Waals surface area contributed by atoms with E-state index < -0.39 is 23.9 Å². The summed E-state index contributed by atoms with van der Waals surface area (Å²) in [7, 11) is 0. The van der Waals surface area contributed by atoms with Crippen LogP contribution >= 0.6 is 0 Å². The van der Waals surface area contributed by atoms with Gasteiger partial charge in [0.2, 0.25) is 12.3 Å². The standard InChI is InChI=1S/C14H15N3O5/c1-8-4-9(6-15-7-18)2-3-10(8)16-14(22)17-11(13(20)21)5-12(17)19/h2-4,7,11H,5-6H2,1H3,(H,15,18)(H,16,22)(H,20,21). The van der Waals surface area contributed by atoms with Crippen LogP contribution in [0.2, 0.25) is 0 Å². The van der Waals surface area contributed by atoms with Crippen molar-refractivity contribution in [1.29, 1.82) is 0 Å². The molecule has 0 bridgehead atoms. The summed E-state index contributed by atoms with van der Waals surface area (Å²) in [5.74, 6) is -1.73. The number of imide groups is 1. The quantitative estimate of drug-likeness (QED) is 0.540. The lowest BCUT2D eigenvalue weighted by Crippen LogP contribution is -2.60. The van der Waals surface area contributed by atoms with Crippen LogP contribution in [0, 0.1) is 6.92 Å². The van der Waals surface area contributed by atoms with Crippen molar-refractivity contribution in [3.05, 3.63) is 29.3 Å². The molecule has 2 rings (SSSR count). The molecule has 1 heterocycles. The summed E-state index contributed by atoms with van der Waals surface area (Å²) in [6.45, 7) is 2.12. The predicted molar refractivity (Wildman–Crippen MR) is 76.0 cm³/mol. The van der Waals surface area contributed by atoms with Gasteiger partial charge >= 0.3 is 12.0 Å². The second-order valence-electron chi connectivity index (χ2n) is 4.90. The second kappa shape index (κ2) is 6.25. The molecular weight excluding hydrogens is 290 g/mol. The van der Waals surface area contributed by atoms with Crippen molar-refractivity contribution in [2.75, 3.05) is 5.32 Å². The fraction of sp³-hybridized carbons (Fsp3) is 0.286. The van der Waals surface area contributed by atoms with Crippen molar-refractivity contribution in [1.82, 2.24) is 10.2 Å². The first-order valence-electron chi connectivity index (χ1n) is 6.56. The number of likely N-dealkylation sites (tertiary alicyclic amines) is 1. The number of carbonyl (C=O) groups is 4. The van der Waals surface area contributed by atoms with Gasteiger partial charge in [-0.05, 0) is 24.1 Å². The molecule has 22 heavy (non-hydrogen) atoms. The van der Waals surface area contributed by atoms with Gasteiger partial charge in [-0.2, -0.15) is 0 Å². The molecule has 0 spiro atoms. The molecule has 0 aromatic heterocycles. The van der Waals surface area contributed by atoms with Gasteiger partial charge in [0.25, 0.3) is 0 Å². The molecule has 1 aliphatic rings. The van der Waals surface area contributed by atoms with Crippen molar-refractivity contribution in [2.45, 2.75) is 25.9 Å². The lowest BCUT2D eigenvalue weighted by molar-refractivity contribution is -0.157. The SMILES string of the molecule is Cc1cc(CNC=O)ccc1NC(=O)N1C(=O)CC1C(=O)O. The largest absolute Gasteiger partial charge is 0.480 e. The molecule has 1 aromatic rings. The maximum atomic E-state index is 12.0. The van der Waals surface area contributed by atoms with Gasteiger partial charge in [0.05, 0.1) is 6.42 Å². The first-order valence-corrected chi connectivity index (χ1v) is 6.56. The Balaban J connectivity index is 2.07. The Morgan fingerprint density at radius 3 is 2.73 bits per heavy atom. The molecular formula is C14H15N3O5. The molecule has 116 valence electrons. The van der Waals surface area contributed by atoms with Gasteiger partial charge in [0, 0.05) is 12.2 Å².